The van der Waals surface area contributed by atoms with Crippen molar-refractivity contribution in [2.75, 3.05) is 20.6 Å². The highest BCUT2D eigenvalue weighted by Crippen LogP contribution is 2.13. The van der Waals surface area contributed by atoms with E-state index in [4.69, 9.17) is 0 Å². The molecule has 1 amide bonds. The first-order valence-electron chi connectivity index (χ1n) is 6.70. The second-order valence-electron chi connectivity index (χ2n) is 4.90. The lowest BCUT2D eigenvalue weighted by molar-refractivity contribution is 0.0954. The van der Waals surface area contributed by atoms with E-state index in [2.05, 4.69) is 15.5 Å². The lowest BCUT2D eigenvalue weighted by Crippen LogP contribution is -2.26. The Balaban J connectivity index is 1.96. The molecule has 1 aromatic carbocycles. The molecule has 1 aromatic heterocycles. The van der Waals surface area contributed by atoms with Crippen molar-refractivity contribution in [1.29, 1.82) is 0 Å². The second kappa shape index (κ2) is 6.71. The van der Waals surface area contributed by atoms with E-state index < -0.39 is 10.0 Å². The Bertz CT molecular complexity index is 722. The number of aromatic nitrogens is 2. The number of nitrogens with zero attached hydrogens (tertiary/aromatic N) is 2. The van der Waals surface area contributed by atoms with Crippen LogP contribution in [0.25, 0.3) is 0 Å². The number of carbonyl (C=O) groups excluding carboxylic acids is 1. The fourth-order valence-electron chi connectivity index (χ4n) is 1.83. The normalized spacial score (nSPS) is 11.6. The van der Waals surface area contributed by atoms with E-state index >= 15 is 0 Å². The maximum absolute atomic E-state index is 12.0. The third kappa shape index (κ3) is 3.71. The summed E-state index contributed by atoms with van der Waals surface area (Å²) in [5.41, 5.74) is 1.36. The van der Waals surface area contributed by atoms with Gasteiger partial charge >= 0.3 is 0 Å². The summed E-state index contributed by atoms with van der Waals surface area (Å²) in [6, 6.07) is 7.70. The average Bonchev–Trinajstić information content (AvgIpc) is 3.00. The van der Waals surface area contributed by atoms with Gasteiger partial charge in [0.15, 0.2) is 0 Å². The van der Waals surface area contributed by atoms with Crippen LogP contribution in [0.4, 0.5) is 0 Å². The van der Waals surface area contributed by atoms with Gasteiger partial charge in [0.25, 0.3) is 5.91 Å². The van der Waals surface area contributed by atoms with Crippen LogP contribution in [0.1, 0.15) is 16.1 Å². The molecular formula is C14H18N4O3S. The van der Waals surface area contributed by atoms with Crippen molar-refractivity contribution < 1.29 is 13.2 Å². The van der Waals surface area contributed by atoms with E-state index in [1.54, 1.807) is 6.20 Å². The van der Waals surface area contributed by atoms with Gasteiger partial charge in [-0.2, -0.15) is 5.10 Å². The van der Waals surface area contributed by atoms with E-state index in [-0.39, 0.29) is 10.8 Å². The molecule has 0 unspecified atom stereocenters. The SMILES string of the molecule is CN(C)S(=O)(=O)c1ccc(C(=O)NCCc2ccn[nH]2)cc1. The zero-order chi connectivity index (χ0) is 16.2. The van der Waals surface area contributed by atoms with Gasteiger partial charge in [-0.05, 0) is 30.3 Å². The quantitative estimate of drug-likeness (QED) is 0.815. The Hall–Kier alpha value is -2.19. The maximum Gasteiger partial charge on any atom is 0.251 e. The highest BCUT2D eigenvalue weighted by molar-refractivity contribution is 7.89. The lowest BCUT2D eigenvalue weighted by Gasteiger charge is -2.11. The molecular weight excluding hydrogens is 304 g/mol. The van der Waals surface area contributed by atoms with E-state index in [1.807, 2.05) is 6.07 Å². The molecule has 0 aliphatic heterocycles. The van der Waals surface area contributed by atoms with Crippen LogP contribution in [0.15, 0.2) is 41.4 Å². The molecule has 0 aliphatic rings. The smallest absolute Gasteiger partial charge is 0.251 e. The Morgan fingerprint density at radius 1 is 1.23 bits per heavy atom. The average molecular weight is 322 g/mol. The highest BCUT2D eigenvalue weighted by atomic mass is 32.2. The van der Waals surface area contributed by atoms with Gasteiger partial charge in [0, 0.05) is 44.5 Å². The zero-order valence-electron chi connectivity index (χ0n) is 12.4. The molecule has 8 heteroatoms. The predicted molar refractivity (Wildman–Crippen MR) is 81.9 cm³/mol. The predicted octanol–water partition coefficient (Wildman–Crippen LogP) is 0.632. The van der Waals surface area contributed by atoms with Crippen LogP contribution in [0.2, 0.25) is 0 Å². The first-order valence-corrected chi connectivity index (χ1v) is 8.14. The molecule has 7 nitrogen and oxygen atoms in total. The van der Waals surface area contributed by atoms with Gasteiger partial charge in [-0.3, -0.25) is 9.89 Å². The Morgan fingerprint density at radius 3 is 2.45 bits per heavy atom. The number of aromatic amines is 1. The molecule has 0 fully saturated rings. The summed E-state index contributed by atoms with van der Waals surface area (Å²) in [5.74, 6) is -0.242. The summed E-state index contributed by atoms with van der Waals surface area (Å²) < 4.78 is 25.0. The van der Waals surface area contributed by atoms with Crippen molar-refractivity contribution in [2.45, 2.75) is 11.3 Å². The Kier molecular flexibility index (Phi) is 4.94. The number of hydrogen-bond donors (Lipinski definition) is 2. The van der Waals surface area contributed by atoms with Crippen molar-refractivity contribution in [1.82, 2.24) is 19.8 Å². The van der Waals surface area contributed by atoms with Crippen molar-refractivity contribution >= 4 is 15.9 Å². The van der Waals surface area contributed by atoms with E-state index in [1.165, 1.54) is 38.4 Å². The van der Waals surface area contributed by atoms with Gasteiger partial charge in [0.05, 0.1) is 4.90 Å². The van der Waals surface area contributed by atoms with E-state index in [0.717, 1.165) is 10.00 Å². The highest BCUT2D eigenvalue weighted by Gasteiger charge is 2.17. The molecule has 118 valence electrons. The molecule has 0 atom stereocenters. The van der Waals surface area contributed by atoms with Crippen LogP contribution in [0, 0.1) is 0 Å². The summed E-state index contributed by atoms with van der Waals surface area (Å²) in [6.07, 6.45) is 2.31. The number of rotatable bonds is 6. The molecule has 0 saturated carbocycles. The minimum atomic E-state index is -3.48. The van der Waals surface area contributed by atoms with Gasteiger partial charge in [-0.15, -0.1) is 0 Å². The van der Waals surface area contributed by atoms with Gasteiger partial charge in [0.1, 0.15) is 0 Å². The summed E-state index contributed by atoms with van der Waals surface area (Å²) in [6.45, 7) is 0.471. The second-order valence-corrected chi connectivity index (χ2v) is 7.05. The molecule has 0 radical (unpaired) electrons. The first kappa shape index (κ1) is 16.2. The monoisotopic (exact) mass is 322 g/mol. The lowest BCUT2D eigenvalue weighted by atomic mass is 10.2. The van der Waals surface area contributed by atoms with Crippen molar-refractivity contribution in [2.24, 2.45) is 0 Å². The summed E-state index contributed by atoms with van der Waals surface area (Å²) in [5, 5.41) is 9.41. The number of H-pyrrole nitrogens is 1. The summed E-state index contributed by atoms with van der Waals surface area (Å²) in [4.78, 5) is 12.1. The zero-order valence-corrected chi connectivity index (χ0v) is 13.2. The molecule has 0 saturated heterocycles. The van der Waals surface area contributed by atoms with Gasteiger partial charge in [-0.25, -0.2) is 12.7 Å². The topological polar surface area (TPSA) is 95.2 Å². The third-order valence-electron chi connectivity index (χ3n) is 3.13. The standard InChI is InChI=1S/C14H18N4O3S/c1-18(2)22(20,21)13-5-3-11(4-6-13)14(19)15-9-7-12-8-10-16-17-12/h3-6,8,10H,7,9H2,1-2H3,(H,15,19)(H,16,17). The van der Waals surface area contributed by atoms with Gasteiger partial charge in [-0.1, -0.05) is 0 Å². The number of hydrogen-bond acceptors (Lipinski definition) is 4. The minimum Gasteiger partial charge on any atom is -0.352 e. The maximum atomic E-state index is 12.0. The number of benzene rings is 1. The molecule has 0 spiro atoms. The summed E-state index contributed by atoms with van der Waals surface area (Å²) in [7, 11) is -0.548. The molecule has 0 bridgehead atoms. The van der Waals surface area contributed by atoms with Crippen molar-refractivity contribution in [3.8, 4) is 0 Å². The van der Waals surface area contributed by atoms with Crippen LogP contribution in [0.5, 0.6) is 0 Å². The van der Waals surface area contributed by atoms with Crippen LogP contribution in [-0.4, -0.2) is 49.5 Å². The molecule has 0 aliphatic carbocycles. The van der Waals surface area contributed by atoms with Crippen LogP contribution in [-0.2, 0) is 16.4 Å². The third-order valence-corrected chi connectivity index (χ3v) is 4.96. The molecule has 2 aromatic rings. The molecule has 1 heterocycles. The number of sulfonamides is 1. The van der Waals surface area contributed by atoms with Crippen molar-refractivity contribution in [3.05, 3.63) is 47.8 Å². The van der Waals surface area contributed by atoms with Gasteiger partial charge in [0.2, 0.25) is 10.0 Å². The molecule has 22 heavy (non-hydrogen) atoms. The number of nitrogens with one attached hydrogen (secondary N) is 2. The Morgan fingerprint density at radius 2 is 1.91 bits per heavy atom. The largest absolute Gasteiger partial charge is 0.352 e. The van der Waals surface area contributed by atoms with Crippen LogP contribution in [0.3, 0.4) is 0 Å². The van der Waals surface area contributed by atoms with Crippen LogP contribution >= 0.6 is 0 Å². The Labute approximate surface area is 129 Å². The fraction of sp³-hybridized carbons (Fsp3) is 0.286. The molecule has 2 rings (SSSR count). The summed E-state index contributed by atoms with van der Waals surface area (Å²) >= 11 is 0. The van der Waals surface area contributed by atoms with Crippen molar-refractivity contribution in [3.63, 3.8) is 0 Å². The van der Waals surface area contributed by atoms with Crippen LogP contribution < -0.4 is 5.32 Å². The number of amides is 1. The van der Waals surface area contributed by atoms with E-state index in [0.29, 0.717) is 18.5 Å². The van der Waals surface area contributed by atoms with E-state index in [9.17, 15) is 13.2 Å². The first-order chi connectivity index (χ1) is 10.4. The number of carbonyl (C=O) groups is 1. The fourth-order valence-corrected chi connectivity index (χ4v) is 2.73. The van der Waals surface area contributed by atoms with Gasteiger partial charge < -0.3 is 5.32 Å². The minimum absolute atomic E-state index is 0.159. The molecule has 2 N–H and O–H groups in total.